The maximum Gasteiger partial charge on any atom is 0.259 e. The van der Waals surface area contributed by atoms with Gasteiger partial charge in [-0.05, 0) is 123 Å². The lowest BCUT2D eigenvalue weighted by Crippen LogP contribution is -2.58. The molecule has 3 N–H and O–H groups in total. The first-order valence-corrected chi connectivity index (χ1v) is 15.0. The molecule has 5 heteroatoms. The van der Waals surface area contributed by atoms with Crippen LogP contribution in [-0.4, -0.2) is 32.4 Å². The Morgan fingerprint density at radius 3 is 2.62 bits per heavy atom. The lowest BCUT2D eigenvalue weighted by Gasteiger charge is -2.62. The van der Waals surface area contributed by atoms with E-state index in [2.05, 4.69) is 25.8 Å². The van der Waals surface area contributed by atoms with Crippen molar-refractivity contribution in [1.82, 2.24) is 9.97 Å². The largest absolute Gasteiger partial charge is 0.393 e. The van der Waals surface area contributed by atoms with E-state index in [-0.39, 0.29) is 28.6 Å². The van der Waals surface area contributed by atoms with Gasteiger partial charge in [-0.15, -0.1) is 0 Å². The number of nitrogens with one attached hydrogen (secondary N) is 1. The second kappa shape index (κ2) is 9.19. The van der Waals surface area contributed by atoms with Crippen LogP contribution in [0.2, 0.25) is 0 Å². The van der Waals surface area contributed by atoms with Gasteiger partial charge in [-0.3, -0.25) is 4.79 Å². The highest BCUT2D eigenvalue weighted by molar-refractivity contribution is 5.80. The zero-order chi connectivity index (χ0) is 26.1. The Kier molecular flexibility index (Phi) is 6.35. The highest BCUT2D eigenvalue weighted by Gasteiger charge is 2.62. The molecule has 4 fully saturated rings. The molecule has 202 valence electrons. The van der Waals surface area contributed by atoms with E-state index in [4.69, 9.17) is 4.98 Å². The molecule has 6 rings (SSSR count). The molecular formula is C32H46N2O3. The van der Waals surface area contributed by atoms with Gasteiger partial charge in [0.15, 0.2) is 0 Å². The first-order chi connectivity index (χ1) is 17.6. The van der Waals surface area contributed by atoms with E-state index in [1.165, 1.54) is 25.7 Å². The van der Waals surface area contributed by atoms with Gasteiger partial charge in [0.2, 0.25) is 0 Å². The van der Waals surface area contributed by atoms with Gasteiger partial charge in [-0.1, -0.05) is 32.9 Å². The van der Waals surface area contributed by atoms with Crippen molar-refractivity contribution in [3.05, 3.63) is 39.9 Å². The average Bonchev–Trinajstić information content (AvgIpc) is 3.21. The van der Waals surface area contributed by atoms with Crippen LogP contribution in [0.3, 0.4) is 0 Å². The Balaban J connectivity index is 1.18. The van der Waals surface area contributed by atoms with Crippen LogP contribution in [0.25, 0.3) is 10.9 Å². The summed E-state index contributed by atoms with van der Waals surface area (Å²) in [4.78, 5) is 20.6. The third-order valence-corrected chi connectivity index (χ3v) is 12.2. The summed E-state index contributed by atoms with van der Waals surface area (Å²) in [5, 5.41) is 22.5. The summed E-state index contributed by atoms with van der Waals surface area (Å²) in [6, 6.07) is 5.89. The number of aromatic amines is 1. The van der Waals surface area contributed by atoms with Crippen LogP contribution < -0.4 is 5.56 Å². The lowest BCUT2D eigenvalue weighted by molar-refractivity contribution is -0.174. The Hall–Kier alpha value is -1.72. The number of H-pyrrole nitrogens is 1. The molecule has 0 bridgehead atoms. The van der Waals surface area contributed by atoms with Gasteiger partial charge >= 0.3 is 0 Å². The summed E-state index contributed by atoms with van der Waals surface area (Å²) >= 11 is 0. The SMILES string of the molecule is Cc1cccc2nc(CC[C@@H](C)[C@H]3CC[C@H]4[C@H]5C(CC[C@]34C)[C@@]3(C)CC[C@@H](O)C[C@H]3C[C@@H]5O)[nH]c(=O)c12. The molecule has 1 aromatic carbocycles. The number of rotatable bonds is 4. The summed E-state index contributed by atoms with van der Waals surface area (Å²) in [6.07, 6.45) is 10.2. The molecule has 37 heavy (non-hydrogen) atoms. The molecule has 4 saturated carbocycles. The first-order valence-electron chi connectivity index (χ1n) is 15.0. The molecule has 4 aliphatic rings. The first kappa shape index (κ1) is 25.6. The number of aliphatic hydroxyl groups is 2. The van der Waals surface area contributed by atoms with Crippen molar-refractivity contribution in [2.45, 2.75) is 104 Å². The van der Waals surface area contributed by atoms with Crippen LogP contribution >= 0.6 is 0 Å². The predicted molar refractivity (Wildman–Crippen MR) is 147 cm³/mol. The van der Waals surface area contributed by atoms with Crippen molar-refractivity contribution < 1.29 is 10.2 Å². The zero-order valence-corrected chi connectivity index (χ0v) is 23.2. The van der Waals surface area contributed by atoms with E-state index in [1.807, 2.05) is 25.1 Å². The van der Waals surface area contributed by atoms with E-state index in [1.54, 1.807) is 0 Å². The van der Waals surface area contributed by atoms with Gasteiger partial charge in [0.25, 0.3) is 5.56 Å². The number of benzene rings is 1. The van der Waals surface area contributed by atoms with Crippen LogP contribution in [0.5, 0.6) is 0 Å². The molecule has 0 aliphatic heterocycles. The Morgan fingerprint density at radius 2 is 1.81 bits per heavy atom. The Morgan fingerprint density at radius 1 is 1.05 bits per heavy atom. The average molecular weight is 507 g/mol. The standard InChI is InChI=1S/C32H46N2O3/c1-18(8-11-27-33-25-7-5-6-19(2)28(25)30(37)34-27)22-9-10-23-29-24(13-15-32(22,23)4)31(3)14-12-21(35)16-20(31)17-26(29)36/h5-7,18,20-24,26,29,35-36H,8-17H2,1-4H3,(H,33,34,37)/t18-,20+,21-,22-,23+,24?,26+,29+,31+,32-/m1/s1. The van der Waals surface area contributed by atoms with Crippen molar-refractivity contribution in [3.63, 3.8) is 0 Å². The number of aromatic nitrogens is 2. The van der Waals surface area contributed by atoms with Gasteiger partial charge < -0.3 is 15.2 Å². The molecule has 1 aromatic heterocycles. The third-order valence-electron chi connectivity index (χ3n) is 12.2. The van der Waals surface area contributed by atoms with Crippen LogP contribution in [0, 0.1) is 53.3 Å². The zero-order valence-electron chi connectivity index (χ0n) is 23.2. The maximum absolute atomic E-state index is 12.7. The summed E-state index contributed by atoms with van der Waals surface area (Å²) in [5.74, 6) is 4.08. The smallest absolute Gasteiger partial charge is 0.259 e. The molecule has 1 unspecified atom stereocenters. The van der Waals surface area contributed by atoms with E-state index in [0.717, 1.165) is 55.4 Å². The number of aryl methyl sites for hydroxylation is 2. The second-order valence-electron chi connectivity index (χ2n) is 14.0. The van der Waals surface area contributed by atoms with E-state index >= 15 is 0 Å². The summed E-state index contributed by atoms with van der Waals surface area (Å²) in [5.41, 5.74) is 2.30. The number of hydrogen-bond donors (Lipinski definition) is 3. The summed E-state index contributed by atoms with van der Waals surface area (Å²) < 4.78 is 0. The minimum atomic E-state index is -0.220. The van der Waals surface area contributed by atoms with Crippen molar-refractivity contribution in [1.29, 1.82) is 0 Å². The van der Waals surface area contributed by atoms with Crippen LogP contribution in [0.15, 0.2) is 23.0 Å². The number of aliphatic hydroxyl groups excluding tert-OH is 2. The van der Waals surface area contributed by atoms with Crippen molar-refractivity contribution in [2.75, 3.05) is 0 Å². The molecule has 2 aromatic rings. The Labute approximate surface area is 221 Å². The van der Waals surface area contributed by atoms with Gasteiger partial charge in [0.1, 0.15) is 5.82 Å². The monoisotopic (exact) mass is 506 g/mol. The summed E-state index contributed by atoms with van der Waals surface area (Å²) in [6.45, 7) is 9.40. The maximum atomic E-state index is 12.7. The molecule has 1 heterocycles. The number of nitrogens with zero attached hydrogens (tertiary/aromatic N) is 1. The molecular weight excluding hydrogens is 460 g/mol. The van der Waals surface area contributed by atoms with Gasteiger partial charge in [-0.25, -0.2) is 4.98 Å². The highest BCUT2D eigenvalue weighted by atomic mass is 16.3. The quantitative estimate of drug-likeness (QED) is 0.490. The van der Waals surface area contributed by atoms with E-state index in [0.29, 0.717) is 40.9 Å². The fourth-order valence-electron chi connectivity index (χ4n) is 10.3. The molecule has 0 spiro atoms. The normalized spacial score (nSPS) is 42.2. The van der Waals surface area contributed by atoms with Crippen molar-refractivity contribution in [3.8, 4) is 0 Å². The van der Waals surface area contributed by atoms with Crippen LogP contribution in [0.4, 0.5) is 0 Å². The van der Waals surface area contributed by atoms with E-state index < -0.39 is 0 Å². The Bertz CT molecular complexity index is 1220. The van der Waals surface area contributed by atoms with Gasteiger partial charge in [0.05, 0.1) is 23.1 Å². The molecule has 4 aliphatic carbocycles. The lowest BCUT2D eigenvalue weighted by atomic mass is 9.43. The molecule has 10 atom stereocenters. The third kappa shape index (κ3) is 4.02. The fourth-order valence-corrected chi connectivity index (χ4v) is 10.3. The van der Waals surface area contributed by atoms with Crippen molar-refractivity contribution in [2.24, 2.45) is 46.3 Å². The molecule has 0 saturated heterocycles. The van der Waals surface area contributed by atoms with Gasteiger partial charge in [-0.2, -0.15) is 0 Å². The second-order valence-corrected chi connectivity index (χ2v) is 14.0. The van der Waals surface area contributed by atoms with E-state index in [9.17, 15) is 15.0 Å². The van der Waals surface area contributed by atoms with Crippen LogP contribution in [0.1, 0.15) is 89.9 Å². The summed E-state index contributed by atoms with van der Waals surface area (Å²) in [7, 11) is 0. The number of fused-ring (bicyclic) bond motifs is 6. The molecule has 5 nitrogen and oxygen atoms in total. The predicted octanol–water partition coefficient (Wildman–Crippen LogP) is 5.79. The van der Waals surface area contributed by atoms with Crippen molar-refractivity contribution >= 4 is 10.9 Å². The van der Waals surface area contributed by atoms with Gasteiger partial charge in [0, 0.05) is 6.42 Å². The minimum absolute atomic E-state index is 0.0229. The minimum Gasteiger partial charge on any atom is -0.393 e. The molecule has 0 amide bonds. The van der Waals surface area contributed by atoms with Crippen LogP contribution in [-0.2, 0) is 6.42 Å². The molecule has 0 radical (unpaired) electrons. The fraction of sp³-hybridized carbons (Fsp3) is 0.750. The number of hydrogen-bond acceptors (Lipinski definition) is 4. The topological polar surface area (TPSA) is 86.2 Å². The highest BCUT2D eigenvalue weighted by Crippen LogP contribution is 2.68.